The lowest BCUT2D eigenvalue weighted by Gasteiger charge is -2.18. The Hall–Kier alpha value is -2.40. The van der Waals surface area contributed by atoms with Crippen LogP contribution in [0.1, 0.15) is 27.9 Å². The topological polar surface area (TPSA) is 49.4 Å². The molecule has 2 aromatic carbocycles. The molecule has 130 valence electrons. The summed E-state index contributed by atoms with van der Waals surface area (Å²) in [5, 5.41) is 2.72. The van der Waals surface area contributed by atoms with Crippen LogP contribution in [0.15, 0.2) is 36.4 Å². The fourth-order valence-electron chi connectivity index (χ4n) is 2.87. The second-order valence-corrected chi connectivity index (χ2v) is 6.60. The van der Waals surface area contributed by atoms with Crippen molar-refractivity contribution in [2.24, 2.45) is 0 Å². The summed E-state index contributed by atoms with van der Waals surface area (Å²) in [6.45, 7) is 4.54. The van der Waals surface area contributed by atoms with Gasteiger partial charge >= 0.3 is 0 Å². The van der Waals surface area contributed by atoms with E-state index in [9.17, 15) is 14.0 Å². The standard InChI is InChI=1S/C19H18ClFN2O2/c1-11-3-5-14(9-12(11)2)23-8-7-17(19(23)25)22-18(24)15-6-4-13(21)10-16(15)20/h3-6,9-10,17H,7-8H2,1-2H3,(H,22,24)/t17-/m0/s1. The lowest BCUT2D eigenvalue weighted by atomic mass is 10.1. The van der Waals surface area contributed by atoms with E-state index in [0.29, 0.717) is 13.0 Å². The van der Waals surface area contributed by atoms with Crippen molar-refractivity contribution in [2.45, 2.75) is 26.3 Å². The molecule has 3 rings (SSSR count). The number of carbonyl (C=O) groups excluding carboxylic acids is 2. The first-order valence-electron chi connectivity index (χ1n) is 8.01. The molecule has 1 aliphatic heterocycles. The fourth-order valence-corrected chi connectivity index (χ4v) is 3.13. The molecule has 1 fully saturated rings. The van der Waals surface area contributed by atoms with Crippen LogP contribution in [0.3, 0.4) is 0 Å². The number of nitrogens with one attached hydrogen (secondary N) is 1. The number of benzene rings is 2. The monoisotopic (exact) mass is 360 g/mol. The first kappa shape index (κ1) is 17.4. The van der Waals surface area contributed by atoms with E-state index in [-0.39, 0.29) is 16.5 Å². The van der Waals surface area contributed by atoms with Gasteiger partial charge in [0.2, 0.25) is 5.91 Å². The second-order valence-electron chi connectivity index (χ2n) is 6.20. The van der Waals surface area contributed by atoms with Crippen LogP contribution in [-0.4, -0.2) is 24.4 Å². The van der Waals surface area contributed by atoms with E-state index in [0.717, 1.165) is 22.9 Å². The summed E-state index contributed by atoms with van der Waals surface area (Å²) >= 11 is 5.91. The first-order chi connectivity index (χ1) is 11.9. The zero-order chi connectivity index (χ0) is 18.1. The van der Waals surface area contributed by atoms with Gasteiger partial charge in [-0.25, -0.2) is 4.39 Å². The molecule has 0 unspecified atom stereocenters. The molecule has 6 heteroatoms. The minimum absolute atomic E-state index is 0.0222. The highest BCUT2D eigenvalue weighted by atomic mass is 35.5. The zero-order valence-corrected chi connectivity index (χ0v) is 14.7. The molecule has 1 aliphatic rings. The predicted molar refractivity (Wildman–Crippen MR) is 95.6 cm³/mol. The van der Waals surface area contributed by atoms with Crippen LogP contribution < -0.4 is 10.2 Å². The molecule has 0 radical (unpaired) electrons. The van der Waals surface area contributed by atoms with Crippen LogP contribution in [0.4, 0.5) is 10.1 Å². The first-order valence-corrected chi connectivity index (χ1v) is 8.39. The number of nitrogens with zero attached hydrogens (tertiary/aromatic N) is 1. The summed E-state index contributed by atoms with van der Waals surface area (Å²) in [5.41, 5.74) is 3.24. The van der Waals surface area contributed by atoms with Crippen LogP contribution in [0.5, 0.6) is 0 Å². The zero-order valence-electron chi connectivity index (χ0n) is 14.0. The molecule has 1 atom stereocenters. The van der Waals surface area contributed by atoms with E-state index < -0.39 is 17.8 Å². The van der Waals surface area contributed by atoms with E-state index in [1.54, 1.807) is 4.90 Å². The minimum Gasteiger partial charge on any atom is -0.340 e. The lowest BCUT2D eigenvalue weighted by Crippen LogP contribution is -2.41. The summed E-state index contributed by atoms with van der Waals surface area (Å²) < 4.78 is 13.1. The number of anilines is 1. The van der Waals surface area contributed by atoms with E-state index in [2.05, 4.69) is 5.32 Å². The van der Waals surface area contributed by atoms with Crippen LogP contribution >= 0.6 is 11.6 Å². The fraction of sp³-hybridized carbons (Fsp3) is 0.263. The maximum atomic E-state index is 13.1. The summed E-state index contributed by atoms with van der Waals surface area (Å²) in [6.07, 6.45) is 0.510. The van der Waals surface area contributed by atoms with Crippen LogP contribution in [0.2, 0.25) is 5.02 Å². The van der Waals surface area contributed by atoms with Gasteiger partial charge < -0.3 is 10.2 Å². The van der Waals surface area contributed by atoms with E-state index >= 15 is 0 Å². The molecule has 1 saturated heterocycles. The summed E-state index contributed by atoms with van der Waals surface area (Å²) in [4.78, 5) is 26.6. The smallest absolute Gasteiger partial charge is 0.253 e. The molecular weight excluding hydrogens is 343 g/mol. The predicted octanol–water partition coefficient (Wildman–Crippen LogP) is 3.63. The van der Waals surface area contributed by atoms with Crippen molar-refractivity contribution >= 4 is 29.1 Å². The van der Waals surface area contributed by atoms with Crippen molar-refractivity contribution in [3.8, 4) is 0 Å². The molecule has 0 aromatic heterocycles. The maximum absolute atomic E-state index is 13.1. The summed E-state index contributed by atoms with van der Waals surface area (Å²) in [7, 11) is 0. The molecule has 2 aromatic rings. The molecule has 2 amide bonds. The Bertz CT molecular complexity index is 853. The number of aryl methyl sites for hydroxylation is 2. The van der Waals surface area contributed by atoms with Gasteiger partial charge in [0.15, 0.2) is 0 Å². The van der Waals surface area contributed by atoms with E-state index in [1.807, 2.05) is 32.0 Å². The summed E-state index contributed by atoms with van der Waals surface area (Å²) in [5.74, 6) is -1.15. The third-order valence-electron chi connectivity index (χ3n) is 4.49. The molecule has 1 heterocycles. The van der Waals surface area contributed by atoms with Crippen LogP contribution in [0, 0.1) is 19.7 Å². The van der Waals surface area contributed by atoms with Crippen molar-refractivity contribution in [1.82, 2.24) is 5.32 Å². The van der Waals surface area contributed by atoms with Gasteiger partial charge in [-0.15, -0.1) is 0 Å². The third kappa shape index (κ3) is 3.51. The molecule has 1 N–H and O–H groups in total. The van der Waals surface area contributed by atoms with Gasteiger partial charge in [0, 0.05) is 12.2 Å². The number of carbonyl (C=O) groups is 2. The Kier molecular flexibility index (Phi) is 4.77. The maximum Gasteiger partial charge on any atom is 0.253 e. The van der Waals surface area contributed by atoms with Gasteiger partial charge in [-0.1, -0.05) is 17.7 Å². The van der Waals surface area contributed by atoms with Crippen LogP contribution in [0.25, 0.3) is 0 Å². The largest absolute Gasteiger partial charge is 0.340 e. The molecule has 0 spiro atoms. The quantitative estimate of drug-likeness (QED) is 0.908. The molecule has 0 saturated carbocycles. The molecule has 4 nitrogen and oxygen atoms in total. The highest BCUT2D eigenvalue weighted by Gasteiger charge is 2.34. The van der Waals surface area contributed by atoms with Gasteiger partial charge in [0.1, 0.15) is 11.9 Å². The van der Waals surface area contributed by atoms with E-state index in [1.165, 1.54) is 12.1 Å². The number of halogens is 2. The SMILES string of the molecule is Cc1ccc(N2CC[C@H](NC(=O)c3ccc(F)cc3Cl)C2=O)cc1C. The third-order valence-corrected chi connectivity index (χ3v) is 4.80. The highest BCUT2D eigenvalue weighted by molar-refractivity contribution is 6.33. The molecule has 25 heavy (non-hydrogen) atoms. The van der Waals surface area contributed by atoms with Crippen molar-refractivity contribution in [1.29, 1.82) is 0 Å². The number of hydrogen-bond donors (Lipinski definition) is 1. The Balaban J connectivity index is 1.73. The number of rotatable bonds is 3. The Morgan fingerprint density at radius 2 is 1.96 bits per heavy atom. The van der Waals surface area contributed by atoms with Crippen LogP contribution in [-0.2, 0) is 4.79 Å². The van der Waals surface area contributed by atoms with Crippen molar-refractivity contribution in [2.75, 3.05) is 11.4 Å². The van der Waals surface area contributed by atoms with Gasteiger partial charge in [-0.3, -0.25) is 9.59 Å². The van der Waals surface area contributed by atoms with Gasteiger partial charge in [0.25, 0.3) is 5.91 Å². The van der Waals surface area contributed by atoms with E-state index in [4.69, 9.17) is 11.6 Å². The van der Waals surface area contributed by atoms with Gasteiger partial charge in [-0.05, 0) is 61.7 Å². The van der Waals surface area contributed by atoms with Crippen molar-refractivity contribution < 1.29 is 14.0 Å². The minimum atomic E-state index is -0.616. The van der Waals surface area contributed by atoms with Gasteiger partial charge in [0.05, 0.1) is 10.6 Å². The number of hydrogen-bond acceptors (Lipinski definition) is 2. The summed E-state index contributed by atoms with van der Waals surface area (Å²) in [6, 6.07) is 8.79. The van der Waals surface area contributed by atoms with Crippen molar-refractivity contribution in [3.63, 3.8) is 0 Å². The average Bonchev–Trinajstić information content (AvgIpc) is 2.91. The highest BCUT2D eigenvalue weighted by Crippen LogP contribution is 2.25. The molecular formula is C19H18ClFN2O2. The Morgan fingerprint density at radius 1 is 1.20 bits per heavy atom. The lowest BCUT2D eigenvalue weighted by molar-refractivity contribution is -0.118. The molecule has 0 bridgehead atoms. The average molecular weight is 361 g/mol. The Labute approximate surface area is 150 Å². The molecule has 0 aliphatic carbocycles. The van der Waals surface area contributed by atoms with Crippen molar-refractivity contribution in [3.05, 3.63) is 63.9 Å². The Morgan fingerprint density at radius 3 is 2.64 bits per heavy atom. The second kappa shape index (κ2) is 6.84. The normalized spacial score (nSPS) is 17.0. The van der Waals surface area contributed by atoms with Gasteiger partial charge in [-0.2, -0.15) is 0 Å². The number of amides is 2.